The second kappa shape index (κ2) is 6.79. The first-order valence-electron chi connectivity index (χ1n) is 5.17. The Kier molecular flexibility index (Phi) is 6.49. The van der Waals surface area contributed by atoms with Crippen LogP contribution >= 0.6 is 0 Å². The van der Waals surface area contributed by atoms with E-state index in [0.29, 0.717) is 12.8 Å². The highest BCUT2D eigenvalue weighted by molar-refractivity contribution is 5.74. The average Bonchev–Trinajstić information content (AvgIpc) is 2.18. The predicted octanol–water partition coefficient (Wildman–Crippen LogP) is 0.979. The number of hydrogen-bond acceptors (Lipinski definition) is 3. The maximum atomic E-state index is 11.0. The zero-order valence-electron chi connectivity index (χ0n) is 8.83. The molecule has 0 fully saturated rings. The smallest absolute Gasteiger partial charge is 0.310 e. The van der Waals surface area contributed by atoms with Gasteiger partial charge in [0.15, 0.2) is 0 Å². The van der Waals surface area contributed by atoms with Crippen LogP contribution in [0.1, 0.15) is 39.0 Å². The van der Waals surface area contributed by atoms with Crippen LogP contribution in [0, 0.1) is 5.41 Å². The van der Waals surface area contributed by atoms with Crippen LogP contribution in [0.3, 0.4) is 0 Å². The topological polar surface area (TPSA) is 83.5 Å². The molecule has 0 heterocycles. The van der Waals surface area contributed by atoms with Gasteiger partial charge in [-0.1, -0.05) is 19.8 Å². The molecule has 0 aromatic heterocycles. The standard InChI is InChI=1S/C10H21NO3/c1-2-10(8-11,9(13)14)6-4-3-5-7-12/h12H,2-8,11H2,1H3,(H,13,14). The van der Waals surface area contributed by atoms with Crippen molar-refractivity contribution in [1.29, 1.82) is 0 Å². The third-order valence-corrected chi connectivity index (χ3v) is 2.83. The first kappa shape index (κ1) is 13.4. The maximum absolute atomic E-state index is 11.0. The molecule has 4 heteroatoms. The number of aliphatic carboxylic acids is 1. The second-order valence-electron chi connectivity index (χ2n) is 3.68. The SMILES string of the molecule is CCC(CN)(CCCCCO)C(=O)O. The summed E-state index contributed by atoms with van der Waals surface area (Å²) in [6.45, 7) is 2.22. The molecule has 0 bridgehead atoms. The molecule has 0 aromatic rings. The van der Waals surface area contributed by atoms with Crippen LogP contribution in [0.2, 0.25) is 0 Å². The van der Waals surface area contributed by atoms with E-state index in [4.69, 9.17) is 15.9 Å². The molecule has 84 valence electrons. The number of carboxylic acid groups (broad SMARTS) is 1. The molecule has 14 heavy (non-hydrogen) atoms. The average molecular weight is 203 g/mol. The summed E-state index contributed by atoms with van der Waals surface area (Å²) in [4.78, 5) is 11.0. The van der Waals surface area contributed by atoms with Crippen LogP contribution in [0.4, 0.5) is 0 Å². The van der Waals surface area contributed by atoms with E-state index in [1.165, 1.54) is 0 Å². The predicted molar refractivity (Wildman–Crippen MR) is 55.0 cm³/mol. The molecule has 1 atom stereocenters. The minimum atomic E-state index is -0.800. The van der Waals surface area contributed by atoms with Crippen molar-refractivity contribution >= 4 is 5.97 Å². The number of rotatable bonds is 8. The minimum Gasteiger partial charge on any atom is -0.481 e. The Hall–Kier alpha value is -0.610. The molecule has 0 saturated carbocycles. The molecule has 0 radical (unpaired) electrons. The van der Waals surface area contributed by atoms with E-state index in [1.54, 1.807) is 0 Å². The van der Waals surface area contributed by atoms with Gasteiger partial charge in [-0.05, 0) is 19.3 Å². The molecule has 0 saturated heterocycles. The fourth-order valence-corrected chi connectivity index (χ4v) is 1.52. The van der Waals surface area contributed by atoms with Crippen molar-refractivity contribution in [2.45, 2.75) is 39.0 Å². The van der Waals surface area contributed by atoms with E-state index in [9.17, 15) is 4.79 Å². The van der Waals surface area contributed by atoms with E-state index in [-0.39, 0.29) is 13.2 Å². The summed E-state index contributed by atoms with van der Waals surface area (Å²) in [6.07, 6.45) is 3.60. The van der Waals surface area contributed by atoms with E-state index in [2.05, 4.69) is 0 Å². The maximum Gasteiger partial charge on any atom is 0.310 e. The van der Waals surface area contributed by atoms with Crippen LogP contribution in [0.15, 0.2) is 0 Å². The zero-order valence-corrected chi connectivity index (χ0v) is 8.83. The highest BCUT2D eigenvalue weighted by Gasteiger charge is 2.34. The first-order chi connectivity index (χ1) is 6.63. The molecular weight excluding hydrogens is 182 g/mol. The molecule has 0 spiro atoms. The Morgan fingerprint density at radius 1 is 1.36 bits per heavy atom. The number of nitrogens with two attached hydrogens (primary N) is 1. The van der Waals surface area contributed by atoms with Crippen LogP contribution in [-0.4, -0.2) is 29.3 Å². The highest BCUT2D eigenvalue weighted by atomic mass is 16.4. The molecule has 0 aliphatic heterocycles. The largest absolute Gasteiger partial charge is 0.481 e. The van der Waals surface area contributed by atoms with Crippen molar-refractivity contribution in [3.8, 4) is 0 Å². The monoisotopic (exact) mass is 203 g/mol. The fourth-order valence-electron chi connectivity index (χ4n) is 1.52. The van der Waals surface area contributed by atoms with Gasteiger partial charge >= 0.3 is 5.97 Å². The van der Waals surface area contributed by atoms with Gasteiger partial charge in [-0.15, -0.1) is 0 Å². The van der Waals surface area contributed by atoms with Gasteiger partial charge in [-0.2, -0.15) is 0 Å². The van der Waals surface area contributed by atoms with Crippen LogP contribution in [0.5, 0.6) is 0 Å². The summed E-state index contributed by atoms with van der Waals surface area (Å²) >= 11 is 0. The third-order valence-electron chi connectivity index (χ3n) is 2.83. The molecular formula is C10H21NO3. The zero-order chi connectivity index (χ0) is 11.0. The van der Waals surface area contributed by atoms with Gasteiger partial charge in [0.1, 0.15) is 0 Å². The van der Waals surface area contributed by atoms with E-state index in [1.807, 2.05) is 6.92 Å². The van der Waals surface area contributed by atoms with Gasteiger partial charge in [0.05, 0.1) is 5.41 Å². The Bertz CT molecular complexity index is 167. The van der Waals surface area contributed by atoms with E-state index < -0.39 is 11.4 Å². The second-order valence-corrected chi connectivity index (χ2v) is 3.68. The number of hydrogen-bond donors (Lipinski definition) is 3. The van der Waals surface area contributed by atoms with Crippen LogP contribution < -0.4 is 5.73 Å². The Labute approximate surface area is 85.1 Å². The Morgan fingerprint density at radius 3 is 2.36 bits per heavy atom. The Morgan fingerprint density at radius 2 is 2.00 bits per heavy atom. The molecule has 4 N–H and O–H groups in total. The molecule has 0 amide bonds. The summed E-state index contributed by atoms with van der Waals surface area (Å²) < 4.78 is 0. The van der Waals surface area contributed by atoms with Gasteiger partial charge in [0.25, 0.3) is 0 Å². The van der Waals surface area contributed by atoms with Gasteiger partial charge in [0, 0.05) is 13.2 Å². The van der Waals surface area contributed by atoms with Crippen LogP contribution in [-0.2, 0) is 4.79 Å². The lowest BCUT2D eigenvalue weighted by molar-refractivity contribution is -0.149. The molecule has 0 rings (SSSR count). The molecule has 4 nitrogen and oxygen atoms in total. The lowest BCUT2D eigenvalue weighted by Gasteiger charge is -2.26. The van der Waals surface area contributed by atoms with Gasteiger partial charge in [0.2, 0.25) is 0 Å². The Balaban J connectivity index is 4.02. The summed E-state index contributed by atoms with van der Waals surface area (Å²) in [5.41, 5.74) is 4.75. The number of carbonyl (C=O) groups is 1. The lowest BCUT2D eigenvalue weighted by atomic mass is 9.80. The van der Waals surface area contributed by atoms with Crippen molar-refractivity contribution in [2.75, 3.05) is 13.2 Å². The summed E-state index contributed by atoms with van der Waals surface area (Å²) in [5, 5.41) is 17.6. The van der Waals surface area contributed by atoms with Crippen molar-refractivity contribution in [2.24, 2.45) is 11.1 Å². The first-order valence-corrected chi connectivity index (χ1v) is 5.17. The van der Waals surface area contributed by atoms with E-state index >= 15 is 0 Å². The van der Waals surface area contributed by atoms with Crippen molar-refractivity contribution in [3.63, 3.8) is 0 Å². The molecule has 0 aliphatic rings. The third kappa shape index (κ3) is 3.64. The summed E-state index contributed by atoms with van der Waals surface area (Å²) in [6, 6.07) is 0. The lowest BCUT2D eigenvalue weighted by Crippen LogP contribution is -2.38. The van der Waals surface area contributed by atoms with Gasteiger partial charge < -0.3 is 15.9 Å². The number of aliphatic hydroxyl groups excluding tert-OH is 1. The van der Waals surface area contributed by atoms with Crippen molar-refractivity contribution in [1.82, 2.24) is 0 Å². The normalized spacial score (nSPS) is 15.1. The number of aliphatic hydroxyl groups is 1. The van der Waals surface area contributed by atoms with Crippen molar-refractivity contribution in [3.05, 3.63) is 0 Å². The molecule has 0 aromatic carbocycles. The van der Waals surface area contributed by atoms with Crippen molar-refractivity contribution < 1.29 is 15.0 Å². The van der Waals surface area contributed by atoms with E-state index in [0.717, 1.165) is 19.3 Å². The molecule has 1 unspecified atom stereocenters. The van der Waals surface area contributed by atoms with Crippen LogP contribution in [0.25, 0.3) is 0 Å². The number of carboxylic acids is 1. The highest BCUT2D eigenvalue weighted by Crippen LogP contribution is 2.28. The summed E-state index contributed by atoms with van der Waals surface area (Å²) in [5.74, 6) is -0.800. The quantitative estimate of drug-likeness (QED) is 0.513. The number of unbranched alkanes of at least 4 members (excludes halogenated alkanes) is 2. The molecule has 0 aliphatic carbocycles. The minimum absolute atomic E-state index is 0.175. The van der Waals surface area contributed by atoms with Gasteiger partial charge in [-0.3, -0.25) is 4.79 Å². The van der Waals surface area contributed by atoms with Gasteiger partial charge in [-0.25, -0.2) is 0 Å². The fraction of sp³-hybridized carbons (Fsp3) is 0.900. The summed E-state index contributed by atoms with van der Waals surface area (Å²) in [7, 11) is 0.